The van der Waals surface area contributed by atoms with Crippen molar-refractivity contribution >= 4 is 35.6 Å². The third-order valence-corrected chi connectivity index (χ3v) is 4.45. The normalized spacial score (nSPS) is 21.5. The molecule has 0 saturated carbocycles. The van der Waals surface area contributed by atoms with E-state index in [-0.39, 0.29) is 30.3 Å². The van der Waals surface area contributed by atoms with Gasteiger partial charge in [-0.3, -0.25) is 9.59 Å². The lowest BCUT2D eigenvalue weighted by molar-refractivity contribution is -0.134. The number of halogens is 1. The largest absolute Gasteiger partial charge is 0.351 e. The van der Waals surface area contributed by atoms with Gasteiger partial charge in [-0.25, -0.2) is 0 Å². The van der Waals surface area contributed by atoms with Crippen molar-refractivity contribution in [3.8, 4) is 0 Å². The molecular formula is C14H22ClN3O2S. The molecule has 0 radical (unpaired) electrons. The Kier molecular flexibility index (Phi) is 7.14. The van der Waals surface area contributed by atoms with Crippen molar-refractivity contribution in [2.45, 2.75) is 32.4 Å². The highest BCUT2D eigenvalue weighted by Crippen LogP contribution is 2.10. The number of rotatable bonds is 4. The molecule has 2 atom stereocenters. The molecule has 2 N–H and O–H groups in total. The zero-order valence-corrected chi connectivity index (χ0v) is 13.9. The van der Waals surface area contributed by atoms with Crippen molar-refractivity contribution in [2.24, 2.45) is 0 Å². The van der Waals surface area contributed by atoms with Crippen molar-refractivity contribution in [3.63, 3.8) is 0 Å². The maximum absolute atomic E-state index is 12.2. The first-order valence-corrected chi connectivity index (χ1v) is 7.87. The number of carbonyl (C=O) groups excluding carboxylic acids is 2. The van der Waals surface area contributed by atoms with Gasteiger partial charge in [-0.2, -0.15) is 11.3 Å². The van der Waals surface area contributed by atoms with E-state index in [9.17, 15) is 9.59 Å². The van der Waals surface area contributed by atoms with Gasteiger partial charge in [0.15, 0.2) is 0 Å². The fourth-order valence-electron chi connectivity index (χ4n) is 2.33. The van der Waals surface area contributed by atoms with E-state index in [4.69, 9.17) is 0 Å². The summed E-state index contributed by atoms with van der Waals surface area (Å²) in [6, 6.07) is 2.29. The minimum atomic E-state index is -0.110. The summed E-state index contributed by atoms with van der Waals surface area (Å²) in [5.74, 6) is -0.00255. The van der Waals surface area contributed by atoms with Crippen LogP contribution in [0, 0.1) is 0 Å². The molecule has 2 amide bonds. The molecule has 5 nitrogen and oxygen atoms in total. The molecule has 118 valence electrons. The molecule has 2 heterocycles. The Bertz CT molecular complexity index is 467. The number of thiophene rings is 1. The van der Waals surface area contributed by atoms with Gasteiger partial charge in [0.2, 0.25) is 5.91 Å². The summed E-state index contributed by atoms with van der Waals surface area (Å²) < 4.78 is 0. The van der Waals surface area contributed by atoms with Gasteiger partial charge in [-0.1, -0.05) is 0 Å². The summed E-state index contributed by atoms with van der Waals surface area (Å²) in [4.78, 5) is 25.8. The highest BCUT2D eigenvalue weighted by molar-refractivity contribution is 7.08. The van der Waals surface area contributed by atoms with Gasteiger partial charge in [0.25, 0.3) is 5.91 Å². The molecule has 1 aliphatic heterocycles. The second-order valence-electron chi connectivity index (χ2n) is 5.09. The molecule has 0 bridgehead atoms. The number of nitrogens with zero attached hydrogens (tertiary/aromatic N) is 1. The Labute approximate surface area is 135 Å². The maximum Gasteiger partial charge on any atom is 0.252 e. The molecule has 1 aromatic heterocycles. The molecule has 7 heteroatoms. The third-order valence-electron chi connectivity index (χ3n) is 3.76. The smallest absolute Gasteiger partial charge is 0.252 e. The van der Waals surface area contributed by atoms with Crippen LogP contribution in [0.4, 0.5) is 0 Å². The van der Waals surface area contributed by atoms with E-state index < -0.39 is 0 Å². The molecule has 1 aromatic rings. The number of carbonyl (C=O) groups is 2. The molecule has 0 spiro atoms. The molecule has 1 saturated heterocycles. The van der Waals surface area contributed by atoms with Crippen LogP contribution in [0.25, 0.3) is 0 Å². The van der Waals surface area contributed by atoms with Crippen molar-refractivity contribution in [1.29, 1.82) is 0 Å². The van der Waals surface area contributed by atoms with E-state index in [0.717, 1.165) is 13.1 Å². The Morgan fingerprint density at radius 2 is 2.24 bits per heavy atom. The van der Waals surface area contributed by atoms with Crippen molar-refractivity contribution in [3.05, 3.63) is 22.4 Å². The topological polar surface area (TPSA) is 61.4 Å². The second-order valence-corrected chi connectivity index (χ2v) is 5.87. The van der Waals surface area contributed by atoms with Gasteiger partial charge in [0, 0.05) is 49.1 Å². The minimum absolute atomic E-state index is 0. The zero-order chi connectivity index (χ0) is 14.5. The van der Waals surface area contributed by atoms with Gasteiger partial charge >= 0.3 is 0 Å². The van der Waals surface area contributed by atoms with Gasteiger partial charge in [0.05, 0.1) is 0 Å². The van der Waals surface area contributed by atoms with Gasteiger partial charge < -0.3 is 15.5 Å². The van der Waals surface area contributed by atoms with Crippen LogP contribution in [0.1, 0.15) is 30.6 Å². The van der Waals surface area contributed by atoms with Crippen LogP contribution in [0.5, 0.6) is 0 Å². The van der Waals surface area contributed by atoms with Crippen molar-refractivity contribution in [2.75, 3.05) is 19.6 Å². The average Bonchev–Trinajstić information content (AvgIpc) is 2.95. The second kappa shape index (κ2) is 8.36. The highest BCUT2D eigenvalue weighted by atomic mass is 35.5. The Morgan fingerprint density at radius 1 is 1.48 bits per heavy atom. The molecule has 0 aliphatic carbocycles. The number of nitrogens with one attached hydrogen (secondary N) is 2. The Balaban J connectivity index is 0.00000220. The van der Waals surface area contributed by atoms with E-state index in [0.29, 0.717) is 24.6 Å². The van der Waals surface area contributed by atoms with E-state index >= 15 is 0 Å². The number of hydrogen-bond acceptors (Lipinski definition) is 4. The predicted octanol–water partition coefficient (Wildman–Crippen LogP) is 1.50. The zero-order valence-electron chi connectivity index (χ0n) is 12.3. The lowest BCUT2D eigenvalue weighted by atomic mass is 10.1. The summed E-state index contributed by atoms with van der Waals surface area (Å²) >= 11 is 1.49. The number of hydrogen-bond donors (Lipinski definition) is 2. The standard InChI is InChI=1S/C14H21N3O2S.ClH/c1-10-11(2)17(7-6-15-10)13(18)3-5-16-14(19)12-4-8-20-9-12;/h4,8-11,15H,3,5-7H2,1-2H3,(H,16,19);1H. The first-order chi connectivity index (χ1) is 9.59. The fourth-order valence-corrected chi connectivity index (χ4v) is 2.97. The monoisotopic (exact) mass is 331 g/mol. The first-order valence-electron chi connectivity index (χ1n) is 6.93. The van der Waals surface area contributed by atoms with Crippen LogP contribution < -0.4 is 10.6 Å². The fraction of sp³-hybridized carbons (Fsp3) is 0.571. The van der Waals surface area contributed by atoms with Crippen molar-refractivity contribution < 1.29 is 9.59 Å². The van der Waals surface area contributed by atoms with Gasteiger partial charge in [0.1, 0.15) is 0 Å². The molecular weight excluding hydrogens is 310 g/mol. The molecule has 1 aliphatic rings. The van der Waals surface area contributed by atoms with E-state index in [1.165, 1.54) is 11.3 Å². The van der Waals surface area contributed by atoms with Crippen LogP contribution in [0.15, 0.2) is 16.8 Å². The summed E-state index contributed by atoms with van der Waals surface area (Å²) in [6.45, 7) is 6.10. The molecule has 2 rings (SSSR count). The maximum atomic E-state index is 12.2. The SMILES string of the molecule is CC1NCCN(C(=O)CCNC(=O)c2ccsc2)C1C.Cl. The van der Waals surface area contributed by atoms with Gasteiger partial charge in [-0.05, 0) is 25.3 Å². The molecule has 2 unspecified atom stereocenters. The molecule has 1 fully saturated rings. The first kappa shape index (κ1) is 17.9. The lowest BCUT2D eigenvalue weighted by Gasteiger charge is -2.38. The van der Waals surface area contributed by atoms with Crippen LogP contribution in [0.3, 0.4) is 0 Å². The summed E-state index contributed by atoms with van der Waals surface area (Å²) in [5, 5.41) is 9.80. The third kappa shape index (κ3) is 4.69. The van der Waals surface area contributed by atoms with E-state index in [2.05, 4.69) is 24.5 Å². The summed E-state index contributed by atoms with van der Waals surface area (Å²) in [7, 11) is 0. The van der Waals surface area contributed by atoms with E-state index in [1.807, 2.05) is 10.3 Å². The predicted molar refractivity (Wildman–Crippen MR) is 87.2 cm³/mol. The van der Waals surface area contributed by atoms with Crippen molar-refractivity contribution in [1.82, 2.24) is 15.5 Å². The number of piperazine rings is 1. The lowest BCUT2D eigenvalue weighted by Crippen LogP contribution is -2.57. The highest BCUT2D eigenvalue weighted by Gasteiger charge is 2.27. The molecule has 21 heavy (non-hydrogen) atoms. The van der Waals surface area contributed by atoms with Gasteiger partial charge in [-0.15, -0.1) is 12.4 Å². The average molecular weight is 332 g/mol. The van der Waals surface area contributed by atoms with Crippen LogP contribution in [-0.2, 0) is 4.79 Å². The van der Waals surface area contributed by atoms with Crippen LogP contribution >= 0.6 is 23.7 Å². The van der Waals surface area contributed by atoms with Crippen LogP contribution in [0.2, 0.25) is 0 Å². The Morgan fingerprint density at radius 3 is 2.90 bits per heavy atom. The molecule has 0 aromatic carbocycles. The van der Waals surface area contributed by atoms with E-state index in [1.54, 1.807) is 11.4 Å². The van der Waals surface area contributed by atoms with Crippen LogP contribution in [-0.4, -0.2) is 48.4 Å². The number of amides is 2. The summed E-state index contributed by atoms with van der Waals surface area (Å²) in [6.07, 6.45) is 0.354. The Hall–Kier alpha value is -1.11. The summed E-state index contributed by atoms with van der Waals surface area (Å²) in [5.41, 5.74) is 0.659. The quantitative estimate of drug-likeness (QED) is 0.879. The minimum Gasteiger partial charge on any atom is -0.351 e.